The normalized spacial score (nSPS) is 16.3. The molecule has 1 N–H and O–H groups in total. The summed E-state index contributed by atoms with van der Waals surface area (Å²) in [6, 6.07) is 11.3. The van der Waals surface area contributed by atoms with Crippen LogP contribution in [-0.4, -0.2) is 26.4 Å². The Morgan fingerprint density at radius 2 is 1.92 bits per heavy atom. The Morgan fingerprint density at radius 1 is 1.20 bits per heavy atom. The van der Waals surface area contributed by atoms with Gasteiger partial charge in [0, 0.05) is 24.7 Å². The van der Waals surface area contributed by atoms with Crippen LogP contribution < -0.4 is 9.46 Å². The van der Waals surface area contributed by atoms with Crippen molar-refractivity contribution in [3.8, 4) is 5.75 Å². The Kier molecular flexibility index (Phi) is 5.08. The number of methoxy groups -OCH3 is 1. The lowest BCUT2D eigenvalue weighted by Crippen LogP contribution is -2.44. The average molecular weight is 364 g/mol. The number of halogens is 1. The number of hydrogen-bond donors (Lipinski definition) is 1. The Balaban J connectivity index is 1.79. The molecule has 1 atom stereocenters. The molecule has 0 aliphatic carbocycles. The van der Waals surface area contributed by atoms with Crippen molar-refractivity contribution in [2.75, 3.05) is 13.7 Å². The van der Waals surface area contributed by atoms with Gasteiger partial charge in [-0.25, -0.2) is 4.39 Å². The van der Waals surface area contributed by atoms with Crippen molar-refractivity contribution in [2.24, 2.45) is 0 Å². The molecule has 1 heterocycles. The van der Waals surface area contributed by atoms with E-state index in [0.717, 1.165) is 5.56 Å². The van der Waals surface area contributed by atoms with E-state index in [1.54, 1.807) is 6.92 Å². The van der Waals surface area contributed by atoms with Crippen LogP contribution in [0.5, 0.6) is 5.75 Å². The summed E-state index contributed by atoms with van der Waals surface area (Å²) in [5, 5.41) is 0. The molecule has 1 aliphatic heterocycles. The first-order chi connectivity index (χ1) is 11.9. The van der Waals surface area contributed by atoms with E-state index in [1.165, 1.54) is 35.2 Å². The van der Waals surface area contributed by atoms with E-state index in [0.29, 0.717) is 30.8 Å². The molecule has 0 spiro atoms. The van der Waals surface area contributed by atoms with Crippen molar-refractivity contribution in [2.45, 2.75) is 25.9 Å². The molecule has 134 valence electrons. The zero-order valence-corrected chi connectivity index (χ0v) is 15.0. The van der Waals surface area contributed by atoms with E-state index in [-0.39, 0.29) is 0 Å². The van der Waals surface area contributed by atoms with Crippen LogP contribution in [0, 0.1) is 5.82 Å². The molecule has 0 saturated heterocycles. The molecule has 7 heteroatoms. The molecule has 0 aromatic heterocycles. The van der Waals surface area contributed by atoms with Crippen LogP contribution in [0.1, 0.15) is 29.7 Å². The minimum atomic E-state index is -3.71. The number of fused-ring (bicyclic) bond motifs is 1. The van der Waals surface area contributed by atoms with Crippen molar-refractivity contribution < 1.29 is 17.5 Å². The van der Waals surface area contributed by atoms with E-state index < -0.39 is 22.1 Å². The van der Waals surface area contributed by atoms with Crippen molar-refractivity contribution in [3.63, 3.8) is 0 Å². The molecule has 0 radical (unpaired) electrons. The van der Waals surface area contributed by atoms with Gasteiger partial charge in [-0.05, 0) is 42.7 Å². The molecular formula is C18H21FN2O3S. The Morgan fingerprint density at radius 3 is 2.64 bits per heavy atom. The molecule has 25 heavy (non-hydrogen) atoms. The Hall–Kier alpha value is -1.96. The molecular weight excluding hydrogens is 343 g/mol. The maximum atomic E-state index is 13.6. The van der Waals surface area contributed by atoms with E-state index in [1.807, 2.05) is 24.3 Å². The third kappa shape index (κ3) is 3.84. The van der Waals surface area contributed by atoms with E-state index in [2.05, 4.69) is 4.72 Å². The summed E-state index contributed by atoms with van der Waals surface area (Å²) in [5.74, 6) is 0.00865. The number of benzene rings is 2. The van der Waals surface area contributed by atoms with Gasteiger partial charge in [-0.15, -0.1) is 0 Å². The number of hydrogen-bond acceptors (Lipinski definition) is 3. The highest BCUT2D eigenvalue weighted by Crippen LogP contribution is 2.27. The van der Waals surface area contributed by atoms with Crippen LogP contribution in [0.2, 0.25) is 0 Å². The molecule has 2 aromatic carbocycles. The van der Waals surface area contributed by atoms with Crippen LogP contribution in [0.15, 0.2) is 42.5 Å². The van der Waals surface area contributed by atoms with Gasteiger partial charge < -0.3 is 4.74 Å². The third-order valence-corrected chi connectivity index (χ3v) is 6.06. The van der Waals surface area contributed by atoms with Gasteiger partial charge in [0.15, 0.2) is 0 Å². The minimum Gasteiger partial charge on any atom is -0.496 e. The van der Waals surface area contributed by atoms with Crippen molar-refractivity contribution in [3.05, 3.63) is 65.0 Å². The quantitative estimate of drug-likeness (QED) is 0.888. The number of ether oxygens (including phenoxy) is 1. The third-order valence-electron chi connectivity index (χ3n) is 4.42. The molecule has 3 rings (SSSR count). The molecule has 0 unspecified atom stereocenters. The summed E-state index contributed by atoms with van der Waals surface area (Å²) >= 11 is 0. The summed E-state index contributed by atoms with van der Waals surface area (Å²) < 4.78 is 48.3. The lowest BCUT2D eigenvalue weighted by atomic mass is 10.0. The summed E-state index contributed by atoms with van der Waals surface area (Å²) in [6.45, 7) is 2.42. The Bertz CT molecular complexity index is 870. The fourth-order valence-corrected chi connectivity index (χ4v) is 4.44. The van der Waals surface area contributed by atoms with E-state index >= 15 is 0 Å². The maximum absolute atomic E-state index is 13.6. The van der Waals surface area contributed by atoms with Crippen LogP contribution >= 0.6 is 0 Å². The largest absolute Gasteiger partial charge is 0.496 e. The summed E-state index contributed by atoms with van der Waals surface area (Å²) in [4.78, 5) is 0. The van der Waals surface area contributed by atoms with Gasteiger partial charge >= 0.3 is 0 Å². The number of nitrogens with one attached hydrogen (secondary N) is 1. The van der Waals surface area contributed by atoms with Gasteiger partial charge in [0.2, 0.25) is 0 Å². The second-order valence-electron chi connectivity index (χ2n) is 6.08. The van der Waals surface area contributed by atoms with Gasteiger partial charge in [0.25, 0.3) is 10.2 Å². The second-order valence-corrected chi connectivity index (χ2v) is 7.79. The SMILES string of the molecule is COc1ccc(F)cc1[C@@H](C)NS(=O)(=O)N1CCc2ccccc2C1. The van der Waals surface area contributed by atoms with Gasteiger partial charge in [-0.1, -0.05) is 24.3 Å². The first kappa shape index (κ1) is 17.8. The van der Waals surface area contributed by atoms with Crippen molar-refractivity contribution in [1.29, 1.82) is 0 Å². The summed E-state index contributed by atoms with van der Waals surface area (Å²) in [7, 11) is -2.23. The molecule has 2 aromatic rings. The average Bonchev–Trinajstić information content (AvgIpc) is 2.60. The molecule has 0 fully saturated rings. The molecule has 0 bridgehead atoms. The molecule has 1 aliphatic rings. The first-order valence-electron chi connectivity index (χ1n) is 8.08. The van der Waals surface area contributed by atoms with Gasteiger partial charge in [-0.3, -0.25) is 0 Å². The highest BCUT2D eigenvalue weighted by molar-refractivity contribution is 7.87. The number of rotatable bonds is 5. The standard InChI is InChI=1S/C18H21FN2O3S/c1-13(17-11-16(19)7-8-18(17)24-2)20-25(22,23)21-10-9-14-5-3-4-6-15(14)12-21/h3-8,11,13,20H,9-10,12H2,1-2H3/t13-/m1/s1. The molecule has 0 saturated carbocycles. The van der Waals surface area contributed by atoms with Gasteiger partial charge in [-0.2, -0.15) is 17.4 Å². The topological polar surface area (TPSA) is 58.6 Å². The monoisotopic (exact) mass is 364 g/mol. The van der Waals surface area contributed by atoms with Crippen LogP contribution in [0.25, 0.3) is 0 Å². The van der Waals surface area contributed by atoms with Crippen LogP contribution in [0.3, 0.4) is 0 Å². The lowest BCUT2D eigenvalue weighted by Gasteiger charge is -2.29. The predicted octanol–water partition coefficient (Wildman–Crippen LogP) is 2.79. The Labute approximate surface area is 147 Å². The highest BCUT2D eigenvalue weighted by atomic mass is 32.2. The fraction of sp³-hybridized carbons (Fsp3) is 0.333. The van der Waals surface area contributed by atoms with Crippen LogP contribution in [0.4, 0.5) is 4.39 Å². The van der Waals surface area contributed by atoms with E-state index in [9.17, 15) is 12.8 Å². The number of nitrogens with zero attached hydrogens (tertiary/aromatic N) is 1. The second kappa shape index (κ2) is 7.11. The summed E-state index contributed by atoms with van der Waals surface area (Å²) in [6.07, 6.45) is 0.675. The van der Waals surface area contributed by atoms with Gasteiger partial charge in [0.1, 0.15) is 11.6 Å². The van der Waals surface area contributed by atoms with Gasteiger partial charge in [0.05, 0.1) is 7.11 Å². The first-order valence-corrected chi connectivity index (χ1v) is 9.52. The summed E-state index contributed by atoms with van der Waals surface area (Å²) in [5.41, 5.74) is 2.65. The van der Waals surface area contributed by atoms with Crippen molar-refractivity contribution in [1.82, 2.24) is 9.03 Å². The molecule has 0 amide bonds. The minimum absolute atomic E-state index is 0.332. The van der Waals surface area contributed by atoms with Crippen LogP contribution in [-0.2, 0) is 23.2 Å². The molecule has 5 nitrogen and oxygen atoms in total. The lowest BCUT2D eigenvalue weighted by molar-refractivity contribution is 0.376. The maximum Gasteiger partial charge on any atom is 0.280 e. The van der Waals surface area contributed by atoms with E-state index in [4.69, 9.17) is 4.74 Å². The zero-order valence-electron chi connectivity index (χ0n) is 14.2. The highest BCUT2D eigenvalue weighted by Gasteiger charge is 2.28. The predicted molar refractivity (Wildman–Crippen MR) is 94.0 cm³/mol. The zero-order chi connectivity index (χ0) is 18.0. The fourth-order valence-electron chi connectivity index (χ4n) is 3.08. The van der Waals surface area contributed by atoms with Crippen molar-refractivity contribution >= 4 is 10.2 Å². The smallest absolute Gasteiger partial charge is 0.280 e.